The third-order valence-electron chi connectivity index (χ3n) is 3.02. The van der Waals surface area contributed by atoms with Gasteiger partial charge < -0.3 is 20.3 Å². The highest BCUT2D eigenvalue weighted by atomic mass is 32.1. The number of nitrogens with two attached hydrogens (primary N) is 1. The molecule has 0 bridgehead atoms. The molecular weight excluding hydrogens is 258 g/mol. The highest BCUT2D eigenvalue weighted by Crippen LogP contribution is 2.37. The summed E-state index contributed by atoms with van der Waals surface area (Å²) in [7, 11) is 1.44. The Morgan fingerprint density at radius 1 is 1.72 bits per heavy atom. The van der Waals surface area contributed by atoms with E-state index in [4.69, 9.17) is 27.4 Å². The number of rotatable bonds is 2. The van der Waals surface area contributed by atoms with Crippen molar-refractivity contribution >= 4 is 12.2 Å². The minimum Gasteiger partial charge on any atom is -0.383 e. The lowest BCUT2D eigenvalue weighted by molar-refractivity contribution is -0.103. The predicted octanol–water partition coefficient (Wildman–Crippen LogP) is -0.515. The number of hydrogen-bond acceptors (Lipinski definition) is 6. The highest BCUT2D eigenvalue weighted by Gasteiger charge is 2.53. The van der Waals surface area contributed by atoms with Gasteiger partial charge in [-0.1, -0.05) is 0 Å². The van der Waals surface area contributed by atoms with Gasteiger partial charge in [-0.25, -0.2) is 0 Å². The van der Waals surface area contributed by atoms with E-state index in [0.29, 0.717) is 0 Å². The van der Waals surface area contributed by atoms with Gasteiger partial charge in [-0.05, 0) is 19.1 Å². The molecule has 8 heteroatoms. The quantitative estimate of drug-likeness (QED) is 0.627. The first-order valence-electron chi connectivity index (χ1n) is 5.35. The highest BCUT2D eigenvalue weighted by molar-refractivity contribution is 7.71. The van der Waals surface area contributed by atoms with Crippen molar-refractivity contribution in [2.45, 2.75) is 31.1 Å². The molecule has 0 aliphatic carbocycles. The Kier molecular flexibility index (Phi) is 3.39. The average Bonchev–Trinajstić information content (AvgIpc) is 2.48. The summed E-state index contributed by atoms with van der Waals surface area (Å²) in [6.07, 6.45) is -0.826. The van der Waals surface area contributed by atoms with E-state index in [1.165, 1.54) is 23.9 Å². The molecule has 4 N–H and O–H groups in total. The van der Waals surface area contributed by atoms with E-state index in [1.807, 2.05) is 0 Å². The van der Waals surface area contributed by atoms with Crippen molar-refractivity contribution in [3.05, 3.63) is 27.4 Å². The molecule has 1 aromatic heterocycles. The fourth-order valence-corrected chi connectivity index (χ4v) is 2.42. The van der Waals surface area contributed by atoms with Crippen LogP contribution in [0.3, 0.4) is 0 Å². The SMILES string of the molecule is COC1C(N)OC(n2ccc(=O)[nH]c2=S)C1(C)O. The number of aromatic amines is 1. The number of nitrogens with zero attached hydrogens (tertiary/aromatic N) is 1. The number of methoxy groups -OCH3 is 1. The van der Waals surface area contributed by atoms with Gasteiger partial charge in [-0.15, -0.1) is 0 Å². The Morgan fingerprint density at radius 2 is 2.39 bits per heavy atom. The molecule has 1 aromatic rings. The van der Waals surface area contributed by atoms with Gasteiger partial charge >= 0.3 is 0 Å². The molecule has 0 radical (unpaired) electrons. The van der Waals surface area contributed by atoms with Crippen LogP contribution in [-0.4, -0.2) is 39.7 Å². The Bertz CT molecular complexity index is 553. The number of hydrogen-bond donors (Lipinski definition) is 3. The summed E-state index contributed by atoms with van der Waals surface area (Å²) in [5.74, 6) is 0. The smallest absolute Gasteiger partial charge is 0.251 e. The summed E-state index contributed by atoms with van der Waals surface area (Å²) in [6, 6.07) is 1.29. The molecule has 18 heavy (non-hydrogen) atoms. The third kappa shape index (κ3) is 2.02. The molecule has 1 saturated heterocycles. The summed E-state index contributed by atoms with van der Waals surface area (Å²) < 4.78 is 12.2. The summed E-state index contributed by atoms with van der Waals surface area (Å²) in [6.45, 7) is 1.55. The maximum atomic E-state index is 11.1. The molecule has 0 spiro atoms. The van der Waals surface area contributed by atoms with Crippen LogP contribution in [-0.2, 0) is 9.47 Å². The maximum absolute atomic E-state index is 11.1. The normalized spacial score (nSPS) is 35.9. The number of H-pyrrole nitrogens is 1. The summed E-state index contributed by atoms with van der Waals surface area (Å²) >= 11 is 5.03. The molecule has 7 nitrogen and oxygen atoms in total. The van der Waals surface area contributed by atoms with Crippen LogP contribution in [0.25, 0.3) is 0 Å². The van der Waals surface area contributed by atoms with E-state index < -0.39 is 24.2 Å². The molecule has 2 heterocycles. The number of ether oxygens (including phenoxy) is 2. The first-order chi connectivity index (χ1) is 8.37. The van der Waals surface area contributed by atoms with Crippen molar-refractivity contribution in [2.75, 3.05) is 7.11 Å². The van der Waals surface area contributed by atoms with E-state index in [0.717, 1.165) is 0 Å². The van der Waals surface area contributed by atoms with Crippen LogP contribution in [0, 0.1) is 4.77 Å². The third-order valence-corrected chi connectivity index (χ3v) is 3.33. The van der Waals surface area contributed by atoms with Crippen LogP contribution < -0.4 is 11.3 Å². The Balaban J connectivity index is 2.46. The van der Waals surface area contributed by atoms with Gasteiger partial charge in [0.2, 0.25) is 0 Å². The molecule has 2 rings (SSSR count). The first-order valence-corrected chi connectivity index (χ1v) is 5.76. The molecule has 0 aromatic carbocycles. The maximum Gasteiger partial charge on any atom is 0.251 e. The Labute approximate surface area is 108 Å². The largest absolute Gasteiger partial charge is 0.383 e. The van der Waals surface area contributed by atoms with Crippen molar-refractivity contribution < 1.29 is 14.6 Å². The number of aliphatic hydroxyl groups is 1. The van der Waals surface area contributed by atoms with Crippen molar-refractivity contribution in [2.24, 2.45) is 5.73 Å². The van der Waals surface area contributed by atoms with Gasteiger partial charge in [-0.2, -0.15) is 0 Å². The van der Waals surface area contributed by atoms with Crippen LogP contribution in [0.4, 0.5) is 0 Å². The average molecular weight is 273 g/mol. The first kappa shape index (κ1) is 13.4. The van der Waals surface area contributed by atoms with Crippen molar-refractivity contribution in [1.29, 1.82) is 0 Å². The predicted molar refractivity (Wildman–Crippen MR) is 65.4 cm³/mol. The van der Waals surface area contributed by atoms with E-state index in [2.05, 4.69) is 4.98 Å². The molecule has 1 aliphatic rings. The second kappa shape index (κ2) is 4.56. The molecular formula is C10H15N3O4S. The summed E-state index contributed by atoms with van der Waals surface area (Å²) in [5, 5.41) is 10.4. The second-order valence-electron chi connectivity index (χ2n) is 4.35. The van der Waals surface area contributed by atoms with Crippen LogP contribution in [0.15, 0.2) is 17.1 Å². The van der Waals surface area contributed by atoms with Gasteiger partial charge in [0.25, 0.3) is 5.56 Å². The molecule has 4 atom stereocenters. The lowest BCUT2D eigenvalue weighted by atomic mass is 9.99. The van der Waals surface area contributed by atoms with Crippen molar-refractivity contribution in [3.63, 3.8) is 0 Å². The Hall–Kier alpha value is -1.06. The minimum absolute atomic E-state index is 0.150. The minimum atomic E-state index is -1.36. The number of aromatic nitrogens is 2. The molecule has 1 aliphatic heterocycles. The van der Waals surface area contributed by atoms with E-state index >= 15 is 0 Å². The van der Waals surface area contributed by atoms with Gasteiger partial charge in [0.1, 0.15) is 17.9 Å². The zero-order valence-electron chi connectivity index (χ0n) is 9.99. The van der Waals surface area contributed by atoms with Crippen LogP contribution in [0.5, 0.6) is 0 Å². The molecule has 4 unspecified atom stereocenters. The van der Waals surface area contributed by atoms with E-state index in [1.54, 1.807) is 6.92 Å². The molecule has 1 fully saturated rings. The van der Waals surface area contributed by atoms with Gasteiger partial charge in [0.05, 0.1) is 0 Å². The topological polar surface area (TPSA) is 103 Å². The zero-order chi connectivity index (χ0) is 13.5. The van der Waals surface area contributed by atoms with Crippen LogP contribution in [0.2, 0.25) is 0 Å². The van der Waals surface area contributed by atoms with Crippen LogP contribution >= 0.6 is 12.2 Å². The van der Waals surface area contributed by atoms with Gasteiger partial charge in [-0.3, -0.25) is 14.3 Å². The molecule has 0 amide bonds. The van der Waals surface area contributed by atoms with Gasteiger partial charge in [0.15, 0.2) is 11.0 Å². The van der Waals surface area contributed by atoms with Crippen LogP contribution in [0.1, 0.15) is 13.2 Å². The summed E-state index contributed by atoms with van der Waals surface area (Å²) in [5.41, 5.74) is 4.07. The second-order valence-corrected chi connectivity index (χ2v) is 4.74. The lowest BCUT2D eigenvalue weighted by Crippen LogP contribution is -2.47. The van der Waals surface area contributed by atoms with Crippen molar-refractivity contribution in [3.8, 4) is 0 Å². The lowest BCUT2D eigenvalue weighted by Gasteiger charge is -2.29. The monoisotopic (exact) mass is 273 g/mol. The fraction of sp³-hybridized carbons (Fsp3) is 0.600. The van der Waals surface area contributed by atoms with E-state index in [-0.39, 0.29) is 10.3 Å². The van der Waals surface area contributed by atoms with Gasteiger partial charge in [0, 0.05) is 19.4 Å². The standard InChI is InChI=1S/C10H15N3O4S/c1-10(15)6(16-2)7(11)17-8(10)13-4-3-5(14)12-9(13)18/h3-4,6-8,15H,11H2,1-2H3,(H,12,14,18). The molecule has 100 valence electrons. The van der Waals surface area contributed by atoms with E-state index in [9.17, 15) is 9.90 Å². The van der Waals surface area contributed by atoms with Crippen molar-refractivity contribution in [1.82, 2.24) is 9.55 Å². The summed E-state index contributed by atoms with van der Waals surface area (Å²) in [4.78, 5) is 13.6. The fourth-order valence-electron chi connectivity index (χ4n) is 2.16. The number of nitrogens with one attached hydrogen (secondary N) is 1. The molecule has 0 saturated carbocycles. The zero-order valence-corrected chi connectivity index (χ0v) is 10.8. The Morgan fingerprint density at radius 3 is 2.89 bits per heavy atom.